The summed E-state index contributed by atoms with van der Waals surface area (Å²) in [6.45, 7) is 6.80. The molecular weight excluding hydrogens is 242 g/mol. The number of fused-ring (bicyclic) bond motifs is 1. The average Bonchev–Trinajstić information content (AvgIpc) is 2.81. The number of thiazole rings is 1. The van der Waals surface area contributed by atoms with E-state index in [0.29, 0.717) is 6.04 Å². The molecule has 1 aromatic heterocycles. The highest BCUT2D eigenvalue weighted by molar-refractivity contribution is 7.15. The molecule has 0 spiro atoms. The van der Waals surface area contributed by atoms with Gasteiger partial charge in [0.05, 0.1) is 5.69 Å². The molecule has 0 fully saturated rings. The van der Waals surface area contributed by atoms with Gasteiger partial charge in [-0.3, -0.25) is 0 Å². The van der Waals surface area contributed by atoms with Crippen molar-refractivity contribution in [1.82, 2.24) is 10.3 Å². The van der Waals surface area contributed by atoms with E-state index in [1.54, 1.807) is 0 Å². The maximum atomic E-state index is 4.87. The van der Waals surface area contributed by atoms with Crippen LogP contribution in [0.5, 0.6) is 0 Å². The van der Waals surface area contributed by atoms with Crippen LogP contribution in [-0.2, 0) is 6.42 Å². The van der Waals surface area contributed by atoms with Crippen molar-refractivity contribution in [1.29, 1.82) is 0 Å². The van der Waals surface area contributed by atoms with Crippen molar-refractivity contribution in [2.45, 2.75) is 58.0 Å². The highest BCUT2D eigenvalue weighted by Crippen LogP contribution is 2.38. The maximum absolute atomic E-state index is 4.87. The normalized spacial score (nSPS) is 19.7. The summed E-state index contributed by atoms with van der Waals surface area (Å²) in [4.78, 5) is 8.66. The van der Waals surface area contributed by atoms with Crippen LogP contribution in [0.4, 0.5) is 5.13 Å². The molecule has 102 valence electrons. The van der Waals surface area contributed by atoms with Gasteiger partial charge in [0, 0.05) is 23.5 Å². The fraction of sp³-hybridized carbons (Fsp3) is 0.786. The molecule has 0 aromatic carbocycles. The lowest BCUT2D eigenvalue weighted by Crippen LogP contribution is -2.40. The van der Waals surface area contributed by atoms with Crippen LogP contribution in [0.25, 0.3) is 0 Å². The van der Waals surface area contributed by atoms with Crippen molar-refractivity contribution in [2.24, 2.45) is 0 Å². The van der Waals surface area contributed by atoms with Crippen LogP contribution in [0.2, 0.25) is 0 Å². The lowest BCUT2D eigenvalue weighted by Gasteiger charge is -2.34. The first-order valence-corrected chi connectivity index (χ1v) is 7.72. The minimum atomic E-state index is 0.176. The number of nitrogens with zero attached hydrogens (tertiary/aromatic N) is 2. The summed E-state index contributed by atoms with van der Waals surface area (Å²) in [5.74, 6) is 0. The standard InChI is InChI=1S/C14H25N3S/c1-6-14(2,3)17(5)13-16-11-9-7-8-10(15-4)12(11)18-13/h10,15H,6-9H2,1-5H3. The van der Waals surface area contributed by atoms with Gasteiger partial charge < -0.3 is 10.2 Å². The third kappa shape index (κ3) is 2.41. The number of nitrogens with one attached hydrogen (secondary N) is 1. The van der Waals surface area contributed by atoms with E-state index in [-0.39, 0.29) is 5.54 Å². The van der Waals surface area contributed by atoms with Crippen LogP contribution in [0, 0.1) is 0 Å². The summed E-state index contributed by atoms with van der Waals surface area (Å²) in [5, 5.41) is 4.59. The Bertz CT molecular complexity index is 411. The van der Waals surface area contributed by atoms with E-state index in [9.17, 15) is 0 Å². The first-order valence-electron chi connectivity index (χ1n) is 6.90. The van der Waals surface area contributed by atoms with Gasteiger partial charge in [-0.2, -0.15) is 0 Å². The van der Waals surface area contributed by atoms with Crippen LogP contribution in [0.15, 0.2) is 0 Å². The van der Waals surface area contributed by atoms with E-state index in [1.807, 2.05) is 11.3 Å². The molecule has 1 unspecified atom stereocenters. The molecule has 1 aliphatic rings. The molecule has 2 rings (SSSR count). The van der Waals surface area contributed by atoms with Crippen molar-refractivity contribution in [3.8, 4) is 0 Å². The van der Waals surface area contributed by atoms with Crippen molar-refractivity contribution < 1.29 is 0 Å². The molecule has 0 bridgehead atoms. The van der Waals surface area contributed by atoms with Crippen molar-refractivity contribution in [2.75, 3.05) is 19.0 Å². The summed E-state index contributed by atoms with van der Waals surface area (Å²) in [5.41, 5.74) is 1.50. The second kappa shape index (κ2) is 5.17. The number of aromatic nitrogens is 1. The SMILES string of the molecule is CCC(C)(C)N(C)c1nc2c(s1)C(NC)CCC2. The molecule has 1 atom stereocenters. The molecule has 1 heterocycles. The number of hydrogen-bond donors (Lipinski definition) is 1. The quantitative estimate of drug-likeness (QED) is 0.906. The molecule has 3 nitrogen and oxygen atoms in total. The number of aryl methyl sites for hydroxylation is 1. The fourth-order valence-corrected chi connectivity index (χ4v) is 3.70. The molecule has 0 radical (unpaired) electrons. The lowest BCUT2D eigenvalue weighted by molar-refractivity contribution is 0.469. The smallest absolute Gasteiger partial charge is 0.186 e. The molecular formula is C14H25N3S. The molecule has 1 aliphatic carbocycles. The summed E-state index contributed by atoms with van der Waals surface area (Å²) < 4.78 is 0. The van der Waals surface area contributed by atoms with Gasteiger partial charge in [-0.1, -0.05) is 18.3 Å². The molecule has 1 N–H and O–H groups in total. The molecule has 4 heteroatoms. The van der Waals surface area contributed by atoms with Crippen LogP contribution in [-0.4, -0.2) is 24.6 Å². The number of hydrogen-bond acceptors (Lipinski definition) is 4. The highest BCUT2D eigenvalue weighted by Gasteiger charge is 2.28. The zero-order valence-electron chi connectivity index (χ0n) is 12.2. The van der Waals surface area contributed by atoms with E-state index in [1.165, 1.54) is 28.5 Å². The van der Waals surface area contributed by atoms with Crippen LogP contribution in [0.1, 0.15) is 56.6 Å². The van der Waals surface area contributed by atoms with Crippen molar-refractivity contribution in [3.05, 3.63) is 10.6 Å². The molecule has 18 heavy (non-hydrogen) atoms. The van der Waals surface area contributed by atoms with E-state index in [4.69, 9.17) is 4.98 Å². The summed E-state index contributed by atoms with van der Waals surface area (Å²) >= 11 is 1.87. The Morgan fingerprint density at radius 3 is 2.83 bits per heavy atom. The predicted molar refractivity (Wildman–Crippen MR) is 79.6 cm³/mol. The van der Waals surface area contributed by atoms with Gasteiger partial charge in [0.25, 0.3) is 0 Å². The monoisotopic (exact) mass is 267 g/mol. The Balaban J connectivity index is 2.29. The summed E-state index contributed by atoms with van der Waals surface area (Å²) in [7, 11) is 4.22. The predicted octanol–water partition coefficient (Wildman–Crippen LogP) is 3.36. The van der Waals surface area contributed by atoms with E-state index in [2.05, 4.69) is 45.1 Å². The van der Waals surface area contributed by atoms with Crippen LogP contribution in [0.3, 0.4) is 0 Å². The van der Waals surface area contributed by atoms with Crippen LogP contribution >= 0.6 is 11.3 Å². The Morgan fingerprint density at radius 1 is 1.50 bits per heavy atom. The molecule has 0 saturated carbocycles. The van der Waals surface area contributed by atoms with Gasteiger partial charge in [0.1, 0.15) is 0 Å². The minimum Gasteiger partial charge on any atom is -0.346 e. The summed E-state index contributed by atoms with van der Waals surface area (Å²) in [6, 6.07) is 0.512. The third-order valence-electron chi connectivity index (χ3n) is 4.35. The van der Waals surface area contributed by atoms with Crippen molar-refractivity contribution in [3.63, 3.8) is 0 Å². The maximum Gasteiger partial charge on any atom is 0.186 e. The lowest BCUT2D eigenvalue weighted by atomic mass is 9.98. The molecule has 0 aliphatic heterocycles. The van der Waals surface area contributed by atoms with E-state index >= 15 is 0 Å². The van der Waals surface area contributed by atoms with Crippen LogP contribution < -0.4 is 10.2 Å². The third-order valence-corrected chi connectivity index (χ3v) is 5.64. The minimum absolute atomic E-state index is 0.176. The van der Waals surface area contributed by atoms with Gasteiger partial charge >= 0.3 is 0 Å². The highest BCUT2D eigenvalue weighted by atomic mass is 32.1. The topological polar surface area (TPSA) is 28.2 Å². The Kier molecular flexibility index (Phi) is 3.97. The number of rotatable bonds is 4. The Labute approximate surface area is 115 Å². The Hall–Kier alpha value is -0.610. The van der Waals surface area contributed by atoms with Gasteiger partial charge in [0.15, 0.2) is 5.13 Å². The summed E-state index contributed by atoms with van der Waals surface area (Å²) in [6.07, 6.45) is 4.77. The van der Waals surface area contributed by atoms with E-state index in [0.717, 1.165) is 12.8 Å². The van der Waals surface area contributed by atoms with Gasteiger partial charge in [0.2, 0.25) is 0 Å². The van der Waals surface area contributed by atoms with Crippen molar-refractivity contribution >= 4 is 16.5 Å². The Morgan fingerprint density at radius 2 is 2.22 bits per heavy atom. The molecule has 1 aromatic rings. The molecule has 0 amide bonds. The average molecular weight is 267 g/mol. The zero-order valence-corrected chi connectivity index (χ0v) is 13.0. The van der Waals surface area contributed by atoms with E-state index < -0.39 is 0 Å². The van der Waals surface area contributed by atoms with Gasteiger partial charge in [-0.15, -0.1) is 0 Å². The fourth-order valence-electron chi connectivity index (χ4n) is 2.32. The van der Waals surface area contributed by atoms with Gasteiger partial charge in [-0.25, -0.2) is 4.98 Å². The second-order valence-corrected chi connectivity index (χ2v) is 6.77. The molecule has 0 saturated heterocycles. The number of anilines is 1. The zero-order chi connectivity index (χ0) is 13.3. The first-order chi connectivity index (χ1) is 8.49. The largest absolute Gasteiger partial charge is 0.346 e. The first kappa shape index (κ1) is 13.8. The second-order valence-electron chi connectivity index (χ2n) is 5.77. The van der Waals surface area contributed by atoms with Gasteiger partial charge in [-0.05, 0) is 46.6 Å².